The molecule has 0 unspecified atom stereocenters. The fourth-order valence-corrected chi connectivity index (χ4v) is 6.81. The zero-order chi connectivity index (χ0) is 25.8. The normalized spacial score (nSPS) is 17.1. The maximum atomic E-state index is 13.4. The van der Waals surface area contributed by atoms with Crippen molar-refractivity contribution in [3.63, 3.8) is 0 Å². The molecule has 0 amide bonds. The van der Waals surface area contributed by atoms with Crippen LogP contribution in [0.15, 0.2) is 76.5 Å². The van der Waals surface area contributed by atoms with Gasteiger partial charge in [0.05, 0.1) is 40.9 Å². The van der Waals surface area contributed by atoms with Gasteiger partial charge in [-0.05, 0) is 56.7 Å². The number of hydrogen-bond donors (Lipinski definition) is 0. The van der Waals surface area contributed by atoms with E-state index in [1.807, 2.05) is 13.8 Å². The highest BCUT2D eigenvalue weighted by Gasteiger charge is 2.27. The fraction of sp³-hybridized carbons (Fsp3) is 0.346. The Morgan fingerprint density at radius 3 is 1.64 bits per heavy atom. The minimum atomic E-state index is -3.77. The predicted octanol–water partition coefficient (Wildman–Crippen LogP) is 3.50. The highest BCUT2D eigenvalue weighted by atomic mass is 32.2. The van der Waals surface area contributed by atoms with Gasteiger partial charge in [0, 0.05) is 19.7 Å². The summed E-state index contributed by atoms with van der Waals surface area (Å²) in [7, 11) is -7.52. The summed E-state index contributed by atoms with van der Waals surface area (Å²) in [5.41, 5.74) is 3.04. The number of sulfonamides is 2. The Bertz CT molecular complexity index is 1290. The van der Waals surface area contributed by atoms with Crippen LogP contribution in [-0.2, 0) is 37.9 Å². The fourth-order valence-electron chi connectivity index (χ4n) is 3.97. The van der Waals surface area contributed by atoms with Crippen molar-refractivity contribution in [2.45, 2.75) is 43.1 Å². The molecule has 2 heterocycles. The lowest BCUT2D eigenvalue weighted by Crippen LogP contribution is -2.34. The van der Waals surface area contributed by atoms with E-state index in [2.05, 4.69) is 4.98 Å². The maximum absolute atomic E-state index is 13.4. The number of aromatic nitrogens is 1. The van der Waals surface area contributed by atoms with Crippen molar-refractivity contribution in [2.75, 3.05) is 26.3 Å². The summed E-state index contributed by atoms with van der Waals surface area (Å²) in [5.74, 6) is 0. The van der Waals surface area contributed by atoms with E-state index in [0.717, 1.165) is 11.1 Å². The van der Waals surface area contributed by atoms with Crippen molar-refractivity contribution in [3.05, 3.63) is 89.2 Å². The molecular weight excluding hydrogens is 498 g/mol. The molecule has 0 radical (unpaired) electrons. The number of benzene rings is 2. The molecule has 1 aromatic heterocycles. The summed E-state index contributed by atoms with van der Waals surface area (Å²) >= 11 is 0. The van der Waals surface area contributed by atoms with Crippen molar-refractivity contribution in [2.24, 2.45) is 0 Å². The second-order valence-electron chi connectivity index (χ2n) is 8.89. The topological polar surface area (TPSA) is 96.9 Å². The van der Waals surface area contributed by atoms with Crippen LogP contribution in [0.4, 0.5) is 0 Å². The Hall–Kier alpha value is -2.63. The number of fused-ring (bicyclic) bond motifs is 2. The minimum absolute atomic E-state index is 0.0537. The van der Waals surface area contributed by atoms with Crippen LogP contribution in [0.1, 0.15) is 28.9 Å². The minimum Gasteiger partial charge on any atom is -0.380 e. The summed E-state index contributed by atoms with van der Waals surface area (Å²) in [6.07, 6.45) is 0.468. The van der Waals surface area contributed by atoms with Gasteiger partial charge in [0.25, 0.3) is 0 Å². The molecule has 8 nitrogen and oxygen atoms in total. The van der Waals surface area contributed by atoms with Gasteiger partial charge in [-0.25, -0.2) is 16.8 Å². The number of rotatable bonds is 4. The van der Waals surface area contributed by atoms with Crippen LogP contribution in [0.25, 0.3) is 0 Å². The van der Waals surface area contributed by atoms with Gasteiger partial charge in [-0.1, -0.05) is 41.5 Å². The van der Waals surface area contributed by atoms with Crippen molar-refractivity contribution >= 4 is 20.0 Å². The van der Waals surface area contributed by atoms with Crippen LogP contribution in [0.2, 0.25) is 0 Å². The largest absolute Gasteiger partial charge is 0.380 e. The molecule has 0 aliphatic carbocycles. The third kappa shape index (κ3) is 6.19. The third-order valence-corrected chi connectivity index (χ3v) is 9.76. The van der Waals surface area contributed by atoms with Crippen LogP contribution < -0.4 is 0 Å². The van der Waals surface area contributed by atoms with E-state index in [9.17, 15) is 16.8 Å². The average Bonchev–Trinajstić information content (AvgIpc) is 2.86. The molecule has 0 saturated heterocycles. The second-order valence-corrected chi connectivity index (χ2v) is 12.8. The average molecular weight is 530 g/mol. The molecule has 0 N–H and O–H groups in total. The first-order chi connectivity index (χ1) is 17.2. The summed E-state index contributed by atoms with van der Waals surface area (Å²) in [6, 6.07) is 18.8. The molecule has 0 spiro atoms. The van der Waals surface area contributed by atoms with Crippen molar-refractivity contribution in [3.8, 4) is 0 Å². The molecule has 36 heavy (non-hydrogen) atoms. The molecule has 0 atom stereocenters. The van der Waals surface area contributed by atoms with E-state index >= 15 is 0 Å². The standard InChI is InChI=1S/C26H31N3O5S2/c1-21-7-11-25(12-8-21)35(30,31)28-15-4-17-34-18-16-29(20-24-6-3-5-23(19-28)27-24)36(32,33)26-13-9-22(2)10-14-26/h3,5-14H,4,15-20H2,1-2H3. The van der Waals surface area contributed by atoms with E-state index in [-0.39, 0.29) is 42.6 Å². The van der Waals surface area contributed by atoms with E-state index in [1.165, 1.54) is 8.61 Å². The molecule has 1 aliphatic heterocycles. The molecule has 4 rings (SSSR count). The van der Waals surface area contributed by atoms with Gasteiger partial charge in [-0.15, -0.1) is 0 Å². The lowest BCUT2D eigenvalue weighted by Gasteiger charge is -2.22. The Morgan fingerprint density at radius 1 is 0.667 bits per heavy atom. The first kappa shape index (κ1) is 26.4. The molecule has 10 heteroatoms. The molecule has 1 aliphatic rings. The zero-order valence-electron chi connectivity index (χ0n) is 20.5. The molecular formula is C26H31N3O5S2. The van der Waals surface area contributed by atoms with Crippen LogP contribution in [0, 0.1) is 13.8 Å². The number of nitrogens with zero attached hydrogens (tertiary/aromatic N) is 3. The van der Waals surface area contributed by atoms with Gasteiger partial charge in [-0.2, -0.15) is 8.61 Å². The lowest BCUT2D eigenvalue weighted by atomic mass is 10.2. The molecule has 2 aromatic carbocycles. The molecule has 0 saturated carbocycles. The van der Waals surface area contributed by atoms with E-state index in [4.69, 9.17) is 4.74 Å². The highest BCUT2D eigenvalue weighted by molar-refractivity contribution is 7.89. The zero-order valence-corrected chi connectivity index (χ0v) is 22.1. The van der Waals surface area contributed by atoms with Crippen molar-refractivity contribution in [1.82, 2.24) is 13.6 Å². The Kier molecular flexibility index (Phi) is 8.21. The number of aryl methyl sites for hydroxylation is 2. The monoisotopic (exact) mass is 529 g/mol. The smallest absolute Gasteiger partial charge is 0.243 e. The van der Waals surface area contributed by atoms with Crippen molar-refractivity contribution < 1.29 is 21.6 Å². The highest BCUT2D eigenvalue weighted by Crippen LogP contribution is 2.22. The molecule has 2 bridgehead atoms. The molecule has 3 aromatic rings. The molecule has 0 fully saturated rings. The van der Waals surface area contributed by atoms with Gasteiger partial charge in [0.1, 0.15) is 0 Å². The number of ether oxygens (including phenoxy) is 1. The van der Waals surface area contributed by atoms with Crippen LogP contribution >= 0.6 is 0 Å². The van der Waals surface area contributed by atoms with Crippen LogP contribution in [0.5, 0.6) is 0 Å². The Balaban J connectivity index is 1.64. The van der Waals surface area contributed by atoms with E-state index in [0.29, 0.717) is 24.4 Å². The number of hydrogen-bond acceptors (Lipinski definition) is 6. The SMILES string of the molecule is Cc1ccc(S(=O)(=O)N2CCCOCCN(S(=O)(=O)c3ccc(C)cc3)Cc3cccc(n3)C2)cc1. The summed E-state index contributed by atoms with van der Waals surface area (Å²) in [5, 5.41) is 0. The first-order valence-corrected chi connectivity index (χ1v) is 14.7. The summed E-state index contributed by atoms with van der Waals surface area (Å²) in [6.45, 7) is 4.86. The van der Waals surface area contributed by atoms with Crippen LogP contribution in [-0.4, -0.2) is 56.7 Å². The molecule has 192 valence electrons. The van der Waals surface area contributed by atoms with E-state index < -0.39 is 20.0 Å². The second kappa shape index (κ2) is 11.2. The van der Waals surface area contributed by atoms with Crippen LogP contribution in [0.3, 0.4) is 0 Å². The van der Waals surface area contributed by atoms with Gasteiger partial charge in [-0.3, -0.25) is 4.98 Å². The van der Waals surface area contributed by atoms with E-state index in [1.54, 1.807) is 66.7 Å². The first-order valence-electron chi connectivity index (χ1n) is 11.8. The van der Waals surface area contributed by atoms with Gasteiger partial charge in [0.2, 0.25) is 20.0 Å². The van der Waals surface area contributed by atoms with Crippen molar-refractivity contribution in [1.29, 1.82) is 0 Å². The Morgan fingerprint density at radius 2 is 1.14 bits per heavy atom. The van der Waals surface area contributed by atoms with Gasteiger partial charge < -0.3 is 4.74 Å². The Labute approximate surface area is 213 Å². The predicted molar refractivity (Wildman–Crippen MR) is 137 cm³/mol. The summed E-state index contributed by atoms with van der Waals surface area (Å²) < 4.78 is 62.1. The lowest BCUT2D eigenvalue weighted by molar-refractivity contribution is 0.116. The number of pyridine rings is 1. The van der Waals surface area contributed by atoms with Gasteiger partial charge >= 0.3 is 0 Å². The van der Waals surface area contributed by atoms with Gasteiger partial charge in [0.15, 0.2) is 0 Å². The maximum Gasteiger partial charge on any atom is 0.243 e. The third-order valence-electron chi connectivity index (χ3n) is 6.04. The quantitative estimate of drug-likeness (QED) is 0.513. The summed E-state index contributed by atoms with van der Waals surface area (Å²) in [4.78, 5) is 5.07.